The van der Waals surface area contributed by atoms with Crippen molar-refractivity contribution in [1.29, 1.82) is 0 Å². The summed E-state index contributed by atoms with van der Waals surface area (Å²) in [5.41, 5.74) is 0.342. The van der Waals surface area contributed by atoms with Gasteiger partial charge in [-0.1, -0.05) is 6.07 Å². The van der Waals surface area contributed by atoms with Gasteiger partial charge in [0.1, 0.15) is 11.8 Å². The van der Waals surface area contributed by atoms with Gasteiger partial charge in [0.05, 0.1) is 5.56 Å². The van der Waals surface area contributed by atoms with Crippen molar-refractivity contribution < 1.29 is 17.6 Å². The Morgan fingerprint density at radius 2 is 1.94 bits per heavy atom. The summed E-state index contributed by atoms with van der Waals surface area (Å²) < 4.78 is 43.3. The Morgan fingerprint density at radius 3 is 2.71 bits per heavy atom. The van der Waals surface area contributed by atoms with Gasteiger partial charge in [0, 0.05) is 23.4 Å². The highest BCUT2D eigenvalue weighted by molar-refractivity contribution is 6.04. The molecule has 0 amide bonds. The van der Waals surface area contributed by atoms with Crippen LogP contribution in [0.4, 0.5) is 13.2 Å². The van der Waals surface area contributed by atoms with Gasteiger partial charge < -0.3 is 4.42 Å². The number of nitrogens with zero attached hydrogens (tertiary/aromatic N) is 1. The van der Waals surface area contributed by atoms with Crippen molar-refractivity contribution in [3.05, 3.63) is 41.3 Å². The highest BCUT2D eigenvalue weighted by Gasteiger charge is 2.35. The number of hydrogen-bond donors (Lipinski definition) is 0. The lowest BCUT2D eigenvalue weighted by Crippen LogP contribution is -2.05. The normalized spacial score (nSPS) is 14.3. The third kappa shape index (κ3) is 1.46. The van der Waals surface area contributed by atoms with Gasteiger partial charge in [-0.15, -0.1) is 0 Å². The maximum atomic E-state index is 12.8. The highest BCUT2D eigenvalue weighted by atomic mass is 19.4. The monoisotopic (exact) mass is 237 g/mol. The van der Waals surface area contributed by atoms with Crippen molar-refractivity contribution in [1.82, 2.24) is 0 Å². The molecule has 0 N–H and O–H groups in total. The Balaban J connectivity index is 2.42. The van der Waals surface area contributed by atoms with Crippen molar-refractivity contribution in [2.75, 3.05) is 0 Å². The van der Waals surface area contributed by atoms with Gasteiger partial charge in [-0.05, 0) is 17.7 Å². The van der Waals surface area contributed by atoms with Crippen LogP contribution in [-0.4, -0.2) is 6.21 Å². The molecule has 86 valence electrons. The molecule has 0 atom stereocenters. The van der Waals surface area contributed by atoms with E-state index < -0.39 is 11.7 Å². The van der Waals surface area contributed by atoms with Crippen LogP contribution in [0.15, 0.2) is 34.0 Å². The van der Waals surface area contributed by atoms with Crippen LogP contribution in [0.5, 0.6) is 0 Å². The first kappa shape index (κ1) is 10.1. The second kappa shape index (κ2) is 3.23. The van der Waals surface area contributed by atoms with Gasteiger partial charge in [0.15, 0.2) is 0 Å². The maximum absolute atomic E-state index is 12.8. The minimum Gasteiger partial charge on any atom is -0.463 e. The number of benzene rings is 1. The van der Waals surface area contributed by atoms with E-state index in [-0.39, 0.29) is 5.58 Å². The summed E-state index contributed by atoms with van der Waals surface area (Å²) in [4.78, 5) is 3.93. The van der Waals surface area contributed by atoms with E-state index in [1.807, 2.05) is 0 Å². The number of halogens is 3. The van der Waals surface area contributed by atoms with E-state index in [0.717, 1.165) is 6.07 Å². The largest absolute Gasteiger partial charge is 0.463 e. The highest BCUT2D eigenvalue weighted by Crippen LogP contribution is 2.38. The summed E-state index contributed by atoms with van der Waals surface area (Å²) in [5.74, 6) is 0. The molecular formula is C12H6F3NO. The molecule has 3 rings (SSSR count). The molecular weight excluding hydrogens is 231 g/mol. The second-order valence-corrected chi connectivity index (χ2v) is 3.69. The molecule has 0 radical (unpaired) electrons. The van der Waals surface area contributed by atoms with E-state index in [1.54, 1.807) is 12.3 Å². The third-order valence-electron chi connectivity index (χ3n) is 2.64. The summed E-state index contributed by atoms with van der Waals surface area (Å²) in [7, 11) is 0. The Kier molecular flexibility index (Phi) is 1.92. The summed E-state index contributed by atoms with van der Waals surface area (Å²) in [6.45, 7) is 0. The number of furan rings is 1. The average Bonchev–Trinajstić information content (AvgIpc) is 2.54. The van der Waals surface area contributed by atoms with Gasteiger partial charge in [0.2, 0.25) is 0 Å². The molecule has 1 aromatic carbocycles. The first-order valence-corrected chi connectivity index (χ1v) is 4.88. The van der Waals surface area contributed by atoms with E-state index in [0.29, 0.717) is 16.5 Å². The van der Waals surface area contributed by atoms with Gasteiger partial charge in [-0.25, -0.2) is 0 Å². The fraction of sp³-hybridized carbons (Fsp3) is 0.0833. The number of alkyl halides is 3. The second-order valence-electron chi connectivity index (χ2n) is 3.69. The van der Waals surface area contributed by atoms with E-state index in [2.05, 4.69) is 4.99 Å². The summed E-state index contributed by atoms with van der Waals surface area (Å²) >= 11 is 0. The van der Waals surface area contributed by atoms with Crippen molar-refractivity contribution in [3.8, 4) is 0 Å². The van der Waals surface area contributed by atoms with Crippen LogP contribution in [-0.2, 0) is 6.18 Å². The van der Waals surface area contributed by atoms with Crippen LogP contribution in [0.1, 0.15) is 16.7 Å². The standard InChI is InChI=1S/C12H6F3NO/c13-12(14,15)9-2-1-7-3-4-16-5-8-6-17-11(9)10(7)8/h1-6H. The molecule has 2 nitrogen and oxygen atoms in total. The summed E-state index contributed by atoms with van der Waals surface area (Å²) in [6, 6.07) is 2.45. The van der Waals surface area contributed by atoms with E-state index in [1.165, 1.54) is 18.5 Å². The summed E-state index contributed by atoms with van der Waals surface area (Å²) in [5, 5.41) is 0.456. The molecule has 1 aromatic heterocycles. The van der Waals surface area contributed by atoms with Crippen LogP contribution >= 0.6 is 0 Å². The van der Waals surface area contributed by atoms with Gasteiger partial charge in [0.25, 0.3) is 0 Å². The predicted octanol–water partition coefficient (Wildman–Crippen LogP) is 3.85. The van der Waals surface area contributed by atoms with Gasteiger partial charge in [-0.2, -0.15) is 13.2 Å². The molecule has 0 fully saturated rings. The molecule has 0 spiro atoms. The third-order valence-corrected chi connectivity index (χ3v) is 2.64. The number of rotatable bonds is 0. The smallest absolute Gasteiger partial charge is 0.420 e. The fourth-order valence-corrected chi connectivity index (χ4v) is 1.90. The quantitative estimate of drug-likeness (QED) is 0.683. The molecule has 0 saturated heterocycles. The first-order valence-electron chi connectivity index (χ1n) is 4.88. The zero-order chi connectivity index (χ0) is 12.0. The van der Waals surface area contributed by atoms with E-state index in [9.17, 15) is 13.2 Å². The topological polar surface area (TPSA) is 25.5 Å². The Morgan fingerprint density at radius 1 is 1.12 bits per heavy atom. The molecule has 1 aliphatic heterocycles. The molecule has 0 saturated carbocycles. The van der Waals surface area contributed by atoms with E-state index in [4.69, 9.17) is 4.42 Å². The lowest BCUT2D eigenvalue weighted by atomic mass is 10.0. The molecule has 2 heterocycles. The predicted molar refractivity (Wildman–Crippen MR) is 57.8 cm³/mol. The maximum Gasteiger partial charge on any atom is 0.420 e. The van der Waals surface area contributed by atoms with Gasteiger partial charge in [-0.3, -0.25) is 4.99 Å². The molecule has 2 aromatic rings. The van der Waals surface area contributed by atoms with Crippen molar-refractivity contribution in [2.45, 2.75) is 6.18 Å². The number of aliphatic imine (C=N–C) groups is 1. The van der Waals surface area contributed by atoms with E-state index >= 15 is 0 Å². The average molecular weight is 237 g/mol. The minimum atomic E-state index is -4.42. The van der Waals surface area contributed by atoms with Gasteiger partial charge >= 0.3 is 6.18 Å². The molecule has 5 heteroatoms. The first-order chi connectivity index (χ1) is 8.07. The van der Waals surface area contributed by atoms with Crippen LogP contribution < -0.4 is 0 Å². The zero-order valence-corrected chi connectivity index (χ0v) is 8.45. The van der Waals surface area contributed by atoms with Crippen molar-refractivity contribution >= 4 is 23.3 Å². The Hall–Kier alpha value is -2.04. The molecule has 1 aliphatic rings. The molecule has 0 unspecified atom stereocenters. The number of hydrogen-bond acceptors (Lipinski definition) is 2. The van der Waals surface area contributed by atoms with Crippen LogP contribution in [0.3, 0.4) is 0 Å². The van der Waals surface area contributed by atoms with Crippen LogP contribution in [0.25, 0.3) is 17.0 Å². The SMILES string of the molecule is FC(F)(F)c1ccc2c3c(coc13)C=NC=C2. The lowest BCUT2D eigenvalue weighted by molar-refractivity contribution is -0.136. The van der Waals surface area contributed by atoms with Crippen LogP contribution in [0, 0.1) is 0 Å². The molecule has 0 bridgehead atoms. The molecule has 0 aliphatic carbocycles. The van der Waals surface area contributed by atoms with Crippen molar-refractivity contribution in [3.63, 3.8) is 0 Å². The summed E-state index contributed by atoms with van der Waals surface area (Å²) in [6.07, 6.45) is 1.56. The zero-order valence-electron chi connectivity index (χ0n) is 8.45. The van der Waals surface area contributed by atoms with Crippen LogP contribution in [0.2, 0.25) is 0 Å². The fourth-order valence-electron chi connectivity index (χ4n) is 1.90. The Bertz CT molecular complexity index is 650. The lowest BCUT2D eigenvalue weighted by Gasteiger charge is -2.08. The Labute approximate surface area is 94.1 Å². The minimum absolute atomic E-state index is 0.136. The van der Waals surface area contributed by atoms with Crippen molar-refractivity contribution in [2.24, 2.45) is 4.99 Å². The molecule has 17 heavy (non-hydrogen) atoms.